The van der Waals surface area contributed by atoms with Crippen molar-refractivity contribution in [3.63, 3.8) is 0 Å². The molecule has 0 amide bonds. The van der Waals surface area contributed by atoms with Crippen LogP contribution in [0.15, 0.2) is 12.1 Å². The number of carboxylic acid groups (broad SMARTS) is 1. The first kappa shape index (κ1) is 12.8. The number of aryl methyl sites for hydroxylation is 1. The van der Waals surface area contributed by atoms with Gasteiger partial charge in [0.1, 0.15) is 5.82 Å². The molecular formula is C13H19N3O2. The molecule has 1 saturated carbocycles. The quantitative estimate of drug-likeness (QED) is 0.641. The van der Waals surface area contributed by atoms with E-state index in [-0.39, 0.29) is 5.56 Å². The first-order chi connectivity index (χ1) is 8.66. The van der Waals surface area contributed by atoms with E-state index in [1.807, 2.05) is 0 Å². The molecule has 0 atom stereocenters. The van der Waals surface area contributed by atoms with E-state index in [4.69, 9.17) is 5.11 Å². The van der Waals surface area contributed by atoms with E-state index in [1.54, 1.807) is 19.1 Å². The summed E-state index contributed by atoms with van der Waals surface area (Å²) in [5.74, 6) is -0.191. The lowest BCUT2D eigenvalue weighted by atomic mass is 10.2. The maximum absolute atomic E-state index is 10.8. The topological polar surface area (TPSA) is 74.2 Å². The lowest BCUT2D eigenvalue weighted by molar-refractivity contribution is 0.0695. The highest BCUT2D eigenvalue weighted by Gasteiger charge is 2.19. The van der Waals surface area contributed by atoms with Gasteiger partial charge in [0, 0.05) is 12.6 Å². The second-order valence-electron chi connectivity index (χ2n) is 4.64. The van der Waals surface area contributed by atoms with Gasteiger partial charge in [-0.2, -0.15) is 0 Å². The first-order valence-electron chi connectivity index (χ1n) is 6.35. The van der Waals surface area contributed by atoms with Crippen molar-refractivity contribution in [1.29, 1.82) is 0 Å². The van der Waals surface area contributed by atoms with E-state index in [2.05, 4.69) is 15.6 Å². The summed E-state index contributed by atoms with van der Waals surface area (Å²) in [5.41, 5.74) is 0.805. The van der Waals surface area contributed by atoms with Gasteiger partial charge in [-0.1, -0.05) is 0 Å². The van der Waals surface area contributed by atoms with Crippen molar-refractivity contribution < 1.29 is 9.90 Å². The number of aromatic nitrogens is 1. The molecule has 0 aromatic carbocycles. The molecule has 0 saturated heterocycles. The van der Waals surface area contributed by atoms with Crippen molar-refractivity contribution in [2.75, 3.05) is 18.4 Å². The van der Waals surface area contributed by atoms with Gasteiger partial charge in [0.25, 0.3) is 0 Å². The molecule has 1 aromatic heterocycles. The molecule has 1 aromatic rings. The van der Waals surface area contributed by atoms with Gasteiger partial charge in [-0.15, -0.1) is 0 Å². The summed E-state index contributed by atoms with van der Waals surface area (Å²) in [6.45, 7) is 3.58. The summed E-state index contributed by atoms with van der Waals surface area (Å²) in [4.78, 5) is 15.1. The Morgan fingerprint density at radius 2 is 2.22 bits per heavy atom. The van der Waals surface area contributed by atoms with E-state index in [0.29, 0.717) is 5.69 Å². The predicted molar refractivity (Wildman–Crippen MR) is 70.1 cm³/mol. The molecular weight excluding hydrogens is 230 g/mol. The fourth-order valence-corrected chi connectivity index (χ4v) is 1.78. The number of nitrogens with one attached hydrogen (secondary N) is 2. The monoisotopic (exact) mass is 249 g/mol. The van der Waals surface area contributed by atoms with Crippen LogP contribution in [0.3, 0.4) is 0 Å². The van der Waals surface area contributed by atoms with Crippen molar-refractivity contribution >= 4 is 11.8 Å². The van der Waals surface area contributed by atoms with Crippen LogP contribution in [0.2, 0.25) is 0 Å². The molecule has 1 fully saturated rings. The minimum absolute atomic E-state index is 0.260. The number of hydrogen-bond acceptors (Lipinski definition) is 4. The highest BCUT2D eigenvalue weighted by atomic mass is 16.4. The van der Waals surface area contributed by atoms with Crippen molar-refractivity contribution in [3.05, 3.63) is 23.4 Å². The number of hydrogen-bond donors (Lipinski definition) is 3. The Bertz CT molecular complexity index is 430. The van der Waals surface area contributed by atoms with E-state index in [1.165, 1.54) is 12.8 Å². The molecule has 1 heterocycles. The minimum Gasteiger partial charge on any atom is -0.478 e. The average Bonchev–Trinajstić information content (AvgIpc) is 3.12. The Kier molecular flexibility index (Phi) is 4.15. The number of aromatic carboxylic acids is 1. The molecule has 18 heavy (non-hydrogen) atoms. The Labute approximate surface area is 107 Å². The lowest BCUT2D eigenvalue weighted by Crippen LogP contribution is -2.20. The van der Waals surface area contributed by atoms with E-state index in [9.17, 15) is 4.79 Å². The van der Waals surface area contributed by atoms with E-state index < -0.39 is 5.97 Å². The van der Waals surface area contributed by atoms with E-state index >= 15 is 0 Å². The molecule has 3 N–H and O–H groups in total. The van der Waals surface area contributed by atoms with Crippen molar-refractivity contribution in [2.45, 2.75) is 32.2 Å². The Morgan fingerprint density at radius 3 is 2.83 bits per heavy atom. The van der Waals surface area contributed by atoms with Gasteiger partial charge in [0.2, 0.25) is 0 Å². The predicted octanol–water partition coefficient (Wildman–Crippen LogP) is 1.64. The highest BCUT2D eigenvalue weighted by molar-refractivity contribution is 5.89. The summed E-state index contributed by atoms with van der Waals surface area (Å²) in [6, 6.07) is 4.06. The van der Waals surface area contributed by atoms with Crippen LogP contribution in [0.25, 0.3) is 0 Å². The zero-order chi connectivity index (χ0) is 13.0. The van der Waals surface area contributed by atoms with Gasteiger partial charge in [0.05, 0.1) is 11.3 Å². The highest BCUT2D eigenvalue weighted by Crippen LogP contribution is 2.18. The molecule has 0 radical (unpaired) electrons. The molecule has 5 heteroatoms. The van der Waals surface area contributed by atoms with Crippen LogP contribution >= 0.6 is 0 Å². The van der Waals surface area contributed by atoms with Gasteiger partial charge < -0.3 is 15.7 Å². The third kappa shape index (κ3) is 3.70. The van der Waals surface area contributed by atoms with Gasteiger partial charge >= 0.3 is 5.97 Å². The van der Waals surface area contributed by atoms with Crippen LogP contribution in [-0.4, -0.2) is 35.2 Å². The van der Waals surface area contributed by atoms with Crippen LogP contribution in [0, 0.1) is 6.92 Å². The molecule has 0 aliphatic heterocycles. The first-order valence-corrected chi connectivity index (χ1v) is 6.35. The molecule has 5 nitrogen and oxygen atoms in total. The van der Waals surface area contributed by atoms with E-state index in [0.717, 1.165) is 31.4 Å². The van der Waals surface area contributed by atoms with Crippen molar-refractivity contribution in [3.8, 4) is 0 Å². The molecule has 1 aliphatic rings. The number of carboxylic acids is 1. The Hall–Kier alpha value is -1.62. The molecule has 2 rings (SSSR count). The number of anilines is 1. The SMILES string of the molecule is Cc1nc(NCCCNC2CC2)ccc1C(=O)O. The third-order valence-corrected chi connectivity index (χ3v) is 2.99. The Balaban J connectivity index is 1.74. The molecule has 0 bridgehead atoms. The maximum Gasteiger partial charge on any atom is 0.337 e. The second-order valence-corrected chi connectivity index (χ2v) is 4.64. The number of pyridine rings is 1. The Morgan fingerprint density at radius 1 is 1.44 bits per heavy atom. The summed E-state index contributed by atoms with van der Waals surface area (Å²) in [5, 5.41) is 15.5. The average molecular weight is 249 g/mol. The van der Waals surface area contributed by atoms with Crippen LogP contribution in [0.4, 0.5) is 5.82 Å². The normalized spacial score (nSPS) is 14.5. The fourth-order valence-electron chi connectivity index (χ4n) is 1.78. The smallest absolute Gasteiger partial charge is 0.337 e. The summed E-state index contributed by atoms with van der Waals surface area (Å²) in [6.07, 6.45) is 3.66. The number of rotatable bonds is 7. The van der Waals surface area contributed by atoms with Gasteiger partial charge in [-0.25, -0.2) is 9.78 Å². The molecule has 98 valence electrons. The third-order valence-electron chi connectivity index (χ3n) is 2.99. The molecule has 1 aliphatic carbocycles. The van der Waals surface area contributed by atoms with Crippen molar-refractivity contribution in [2.24, 2.45) is 0 Å². The second kappa shape index (κ2) is 5.82. The maximum atomic E-state index is 10.8. The number of nitrogens with zero attached hydrogens (tertiary/aromatic N) is 1. The summed E-state index contributed by atoms with van der Waals surface area (Å²) in [7, 11) is 0. The standard InChI is InChI=1S/C13H19N3O2/c1-9-11(13(17)18)5-6-12(16-9)15-8-2-7-14-10-3-4-10/h5-6,10,14H,2-4,7-8H2,1H3,(H,15,16)(H,17,18). The number of carbonyl (C=O) groups is 1. The zero-order valence-corrected chi connectivity index (χ0v) is 10.6. The largest absolute Gasteiger partial charge is 0.478 e. The van der Waals surface area contributed by atoms with Crippen LogP contribution in [0.5, 0.6) is 0 Å². The van der Waals surface area contributed by atoms with Gasteiger partial charge in [0.15, 0.2) is 0 Å². The summed E-state index contributed by atoms with van der Waals surface area (Å²) < 4.78 is 0. The van der Waals surface area contributed by atoms with Crippen LogP contribution < -0.4 is 10.6 Å². The minimum atomic E-state index is -0.930. The summed E-state index contributed by atoms with van der Waals surface area (Å²) >= 11 is 0. The van der Waals surface area contributed by atoms with Crippen LogP contribution in [0.1, 0.15) is 35.3 Å². The van der Waals surface area contributed by atoms with Crippen molar-refractivity contribution in [1.82, 2.24) is 10.3 Å². The molecule has 0 spiro atoms. The zero-order valence-electron chi connectivity index (χ0n) is 10.6. The van der Waals surface area contributed by atoms with Gasteiger partial charge in [-0.05, 0) is 44.9 Å². The van der Waals surface area contributed by atoms with Gasteiger partial charge in [-0.3, -0.25) is 0 Å². The fraction of sp³-hybridized carbons (Fsp3) is 0.538. The molecule has 0 unspecified atom stereocenters. The lowest BCUT2D eigenvalue weighted by Gasteiger charge is -2.08. The van der Waals surface area contributed by atoms with Crippen LogP contribution in [-0.2, 0) is 0 Å².